The van der Waals surface area contributed by atoms with Crippen LogP contribution in [0.2, 0.25) is 0 Å². The number of aromatic nitrogens is 4. The molecular weight excluding hydrogens is 352 g/mol. The second kappa shape index (κ2) is 8.93. The van der Waals surface area contributed by atoms with Gasteiger partial charge in [0.1, 0.15) is 0 Å². The van der Waals surface area contributed by atoms with Crippen LogP contribution in [-0.4, -0.2) is 72.0 Å². The van der Waals surface area contributed by atoms with Crippen LogP contribution in [0.4, 0.5) is 5.13 Å². The van der Waals surface area contributed by atoms with Gasteiger partial charge in [-0.25, -0.2) is 14.5 Å². The standard InChI is InChI=1S/C17H24N6O2S/c1-22(2)8-4-9-25-15-6-5-13(11-19-15)14-12-23-17(20-14)26-16(21-23)18-7-10-24-3/h5-6,11-12H,4,7-10H2,1-3H3,(H,18,21). The van der Waals surface area contributed by atoms with Gasteiger partial charge in [0.25, 0.3) is 0 Å². The quantitative estimate of drug-likeness (QED) is 0.544. The van der Waals surface area contributed by atoms with Crippen molar-refractivity contribution in [3.63, 3.8) is 0 Å². The zero-order valence-corrected chi connectivity index (χ0v) is 16.1. The molecule has 0 aliphatic rings. The predicted molar refractivity (Wildman–Crippen MR) is 103 cm³/mol. The topological polar surface area (TPSA) is 76.8 Å². The van der Waals surface area contributed by atoms with Gasteiger partial charge in [-0.15, -0.1) is 5.10 Å². The maximum atomic E-state index is 5.66. The minimum atomic E-state index is 0.635. The highest BCUT2D eigenvalue weighted by Crippen LogP contribution is 2.24. The normalized spacial score (nSPS) is 11.4. The van der Waals surface area contributed by atoms with Gasteiger partial charge in [-0.3, -0.25) is 0 Å². The molecule has 0 atom stereocenters. The van der Waals surface area contributed by atoms with Crippen LogP contribution in [-0.2, 0) is 4.74 Å². The molecule has 0 fully saturated rings. The van der Waals surface area contributed by atoms with Crippen LogP contribution in [0.5, 0.6) is 5.88 Å². The summed E-state index contributed by atoms with van der Waals surface area (Å²) < 4.78 is 12.5. The minimum Gasteiger partial charge on any atom is -0.478 e. The number of anilines is 1. The highest BCUT2D eigenvalue weighted by Gasteiger charge is 2.10. The van der Waals surface area contributed by atoms with Gasteiger partial charge in [0.2, 0.25) is 16.0 Å². The van der Waals surface area contributed by atoms with Crippen molar-refractivity contribution in [2.75, 3.05) is 52.8 Å². The van der Waals surface area contributed by atoms with E-state index in [2.05, 4.69) is 39.4 Å². The maximum Gasteiger partial charge on any atom is 0.214 e. The van der Waals surface area contributed by atoms with Gasteiger partial charge in [0.15, 0.2) is 0 Å². The average Bonchev–Trinajstić information content (AvgIpc) is 3.18. The van der Waals surface area contributed by atoms with Crippen molar-refractivity contribution in [2.24, 2.45) is 0 Å². The Morgan fingerprint density at radius 3 is 2.85 bits per heavy atom. The van der Waals surface area contributed by atoms with Crippen molar-refractivity contribution in [3.05, 3.63) is 24.5 Å². The summed E-state index contributed by atoms with van der Waals surface area (Å²) in [5, 5.41) is 8.51. The predicted octanol–water partition coefficient (Wildman–Crippen LogP) is 2.24. The molecule has 1 N–H and O–H groups in total. The Bertz CT molecular complexity index is 783. The molecule has 3 aromatic rings. The molecule has 0 amide bonds. The van der Waals surface area contributed by atoms with Gasteiger partial charge in [-0.1, -0.05) is 11.3 Å². The Morgan fingerprint density at radius 1 is 1.27 bits per heavy atom. The molecule has 9 heteroatoms. The first-order valence-corrected chi connectivity index (χ1v) is 9.30. The van der Waals surface area contributed by atoms with E-state index in [1.807, 2.05) is 18.3 Å². The van der Waals surface area contributed by atoms with E-state index in [1.165, 1.54) is 11.3 Å². The summed E-state index contributed by atoms with van der Waals surface area (Å²) in [5.74, 6) is 0.635. The van der Waals surface area contributed by atoms with E-state index in [4.69, 9.17) is 9.47 Å². The van der Waals surface area contributed by atoms with Gasteiger partial charge >= 0.3 is 0 Å². The van der Waals surface area contributed by atoms with Crippen molar-refractivity contribution in [1.82, 2.24) is 24.5 Å². The fourth-order valence-electron chi connectivity index (χ4n) is 2.35. The first-order valence-electron chi connectivity index (χ1n) is 8.48. The van der Waals surface area contributed by atoms with Crippen LogP contribution < -0.4 is 10.1 Å². The molecule has 0 saturated heterocycles. The molecule has 0 unspecified atom stereocenters. The van der Waals surface area contributed by atoms with E-state index in [0.717, 1.165) is 40.9 Å². The Labute approximate surface area is 156 Å². The molecule has 3 rings (SSSR count). The van der Waals surface area contributed by atoms with Crippen LogP contribution in [0, 0.1) is 0 Å². The van der Waals surface area contributed by atoms with E-state index in [-0.39, 0.29) is 0 Å². The van der Waals surface area contributed by atoms with E-state index in [9.17, 15) is 0 Å². The largest absolute Gasteiger partial charge is 0.478 e. The van der Waals surface area contributed by atoms with Gasteiger partial charge in [-0.2, -0.15) is 0 Å². The lowest BCUT2D eigenvalue weighted by molar-refractivity contribution is 0.210. The van der Waals surface area contributed by atoms with Crippen molar-refractivity contribution in [1.29, 1.82) is 0 Å². The number of fused-ring (bicyclic) bond motifs is 1. The highest BCUT2D eigenvalue weighted by atomic mass is 32.1. The molecule has 0 bridgehead atoms. The SMILES string of the molecule is COCCNc1nn2cc(-c3ccc(OCCCN(C)C)nc3)nc2s1. The summed E-state index contributed by atoms with van der Waals surface area (Å²) in [6, 6.07) is 3.85. The summed E-state index contributed by atoms with van der Waals surface area (Å²) in [6.07, 6.45) is 4.66. The molecule has 0 radical (unpaired) electrons. The smallest absolute Gasteiger partial charge is 0.214 e. The summed E-state index contributed by atoms with van der Waals surface area (Å²) in [5.41, 5.74) is 1.79. The van der Waals surface area contributed by atoms with Gasteiger partial charge in [0, 0.05) is 38.0 Å². The molecule has 8 nitrogen and oxygen atoms in total. The van der Waals surface area contributed by atoms with Crippen LogP contribution >= 0.6 is 11.3 Å². The van der Waals surface area contributed by atoms with Crippen molar-refractivity contribution in [3.8, 4) is 17.1 Å². The lowest BCUT2D eigenvalue weighted by atomic mass is 10.2. The summed E-state index contributed by atoms with van der Waals surface area (Å²) in [7, 11) is 5.78. The number of hydrogen-bond donors (Lipinski definition) is 1. The van der Waals surface area contributed by atoms with Crippen LogP contribution in [0.3, 0.4) is 0 Å². The highest BCUT2D eigenvalue weighted by molar-refractivity contribution is 7.20. The van der Waals surface area contributed by atoms with Crippen LogP contribution in [0.15, 0.2) is 24.5 Å². The third-order valence-corrected chi connectivity index (χ3v) is 4.54. The fourth-order valence-corrected chi connectivity index (χ4v) is 3.15. The molecule has 0 aromatic carbocycles. The van der Waals surface area contributed by atoms with E-state index in [1.54, 1.807) is 17.8 Å². The molecular formula is C17H24N6O2S. The second-order valence-corrected chi connectivity index (χ2v) is 7.03. The number of hydrogen-bond acceptors (Lipinski definition) is 8. The molecule has 0 aliphatic carbocycles. The monoisotopic (exact) mass is 376 g/mol. The van der Waals surface area contributed by atoms with Gasteiger partial charge in [-0.05, 0) is 26.6 Å². The molecule has 140 valence electrons. The third kappa shape index (κ3) is 4.90. The number of methoxy groups -OCH3 is 1. The zero-order valence-electron chi connectivity index (χ0n) is 15.3. The fraction of sp³-hybridized carbons (Fsp3) is 0.471. The minimum absolute atomic E-state index is 0.635. The molecule has 26 heavy (non-hydrogen) atoms. The van der Waals surface area contributed by atoms with Crippen molar-refractivity contribution in [2.45, 2.75) is 6.42 Å². The average molecular weight is 376 g/mol. The third-order valence-electron chi connectivity index (χ3n) is 3.66. The Balaban J connectivity index is 1.59. The van der Waals surface area contributed by atoms with E-state index < -0.39 is 0 Å². The first kappa shape index (κ1) is 18.6. The summed E-state index contributed by atoms with van der Waals surface area (Å²) in [6.45, 7) is 3.02. The van der Waals surface area contributed by atoms with E-state index in [0.29, 0.717) is 19.1 Å². The number of nitrogens with zero attached hydrogens (tertiary/aromatic N) is 5. The zero-order chi connectivity index (χ0) is 18.4. The molecule has 3 heterocycles. The Hall–Kier alpha value is -2.23. The maximum absolute atomic E-state index is 5.66. The Kier molecular flexibility index (Phi) is 6.37. The summed E-state index contributed by atoms with van der Waals surface area (Å²) >= 11 is 1.51. The number of ether oxygens (including phenoxy) is 2. The number of pyridine rings is 1. The lowest BCUT2D eigenvalue weighted by Crippen LogP contribution is -2.15. The molecule has 3 aromatic heterocycles. The summed E-state index contributed by atoms with van der Waals surface area (Å²) in [4.78, 5) is 12.0. The van der Waals surface area contributed by atoms with Crippen LogP contribution in [0.25, 0.3) is 16.2 Å². The lowest BCUT2D eigenvalue weighted by Gasteiger charge is -2.09. The number of imidazole rings is 1. The number of nitrogens with one attached hydrogen (secondary N) is 1. The van der Waals surface area contributed by atoms with Gasteiger partial charge in [0.05, 0.1) is 25.1 Å². The first-order chi connectivity index (χ1) is 12.7. The Morgan fingerprint density at radius 2 is 2.15 bits per heavy atom. The van der Waals surface area contributed by atoms with Gasteiger partial charge < -0.3 is 19.7 Å². The van der Waals surface area contributed by atoms with Crippen molar-refractivity contribution < 1.29 is 9.47 Å². The van der Waals surface area contributed by atoms with E-state index >= 15 is 0 Å². The second-order valence-electron chi connectivity index (χ2n) is 6.07. The van der Waals surface area contributed by atoms with Crippen molar-refractivity contribution >= 4 is 21.4 Å². The molecule has 0 aliphatic heterocycles. The number of rotatable bonds is 10. The van der Waals surface area contributed by atoms with Crippen LogP contribution in [0.1, 0.15) is 6.42 Å². The molecule has 0 spiro atoms. The molecule has 0 saturated carbocycles.